The van der Waals surface area contributed by atoms with Crippen molar-refractivity contribution in [3.8, 4) is 0 Å². The average molecular weight is 324 g/mol. The number of hydrogen-bond donors (Lipinski definition) is 6. The Labute approximate surface area is 125 Å². The van der Waals surface area contributed by atoms with Crippen LogP contribution in [-0.4, -0.2) is 105 Å². The quantitative estimate of drug-likeness (QED) is 0.257. The molecule has 10 nitrogen and oxygen atoms in total. The van der Waals surface area contributed by atoms with E-state index in [0.29, 0.717) is 0 Å². The molecule has 0 aromatic heterocycles. The normalized spacial score (nSPS) is 56.5. The van der Waals surface area contributed by atoms with E-state index in [9.17, 15) is 20.4 Å². The molecule has 4 rings (SSSR count). The molecular weight excluding hydrogens is 304 g/mol. The zero-order valence-electron chi connectivity index (χ0n) is 11.5. The van der Waals surface area contributed by atoms with Gasteiger partial charge in [-0.1, -0.05) is 0 Å². The molecule has 4 aliphatic heterocycles. The summed E-state index contributed by atoms with van der Waals surface area (Å²) < 4.78 is 19.6. The standard InChI is InChI=1S/2C6H10O5/c2*7-3-2-1-10-5(3)4(8)6(9)11-2/h2*2-9H,1H2/t2?,3-,4?,5+,6+;2-,3+,4-,5?,6+/m11/s1. The van der Waals surface area contributed by atoms with Crippen LogP contribution in [0.25, 0.3) is 0 Å². The molecule has 0 spiro atoms. The fourth-order valence-corrected chi connectivity index (χ4v) is 2.91. The van der Waals surface area contributed by atoms with Crippen LogP contribution in [0, 0.1) is 0 Å². The zero-order chi connectivity index (χ0) is 16.0. The fourth-order valence-electron chi connectivity index (χ4n) is 2.91. The first kappa shape index (κ1) is 16.5. The van der Waals surface area contributed by atoms with Gasteiger partial charge in [-0.15, -0.1) is 0 Å². The Kier molecular flexibility index (Phi) is 4.67. The Morgan fingerprint density at radius 3 is 1.27 bits per heavy atom. The number of aliphatic hydroxyl groups is 6. The minimum atomic E-state index is -1.23. The Balaban J connectivity index is 0.000000131. The number of fused-ring (bicyclic) bond motifs is 4. The van der Waals surface area contributed by atoms with Gasteiger partial charge in [-0.3, -0.25) is 0 Å². The molecule has 10 atom stereocenters. The molecule has 128 valence electrons. The predicted octanol–water partition coefficient (Wildman–Crippen LogP) is -4.35. The summed E-state index contributed by atoms with van der Waals surface area (Å²) in [5.74, 6) is 0. The summed E-state index contributed by atoms with van der Waals surface area (Å²) in [5.41, 5.74) is 0. The molecule has 0 aromatic rings. The molecule has 6 N–H and O–H groups in total. The van der Waals surface area contributed by atoms with E-state index >= 15 is 0 Å². The summed E-state index contributed by atoms with van der Waals surface area (Å²) >= 11 is 0. The first-order valence-electron chi connectivity index (χ1n) is 7.02. The van der Waals surface area contributed by atoms with Gasteiger partial charge < -0.3 is 49.6 Å². The molecule has 4 bridgehead atoms. The monoisotopic (exact) mass is 324 g/mol. The smallest absolute Gasteiger partial charge is 0.184 e. The van der Waals surface area contributed by atoms with Gasteiger partial charge in [0, 0.05) is 0 Å². The summed E-state index contributed by atoms with van der Waals surface area (Å²) in [6, 6.07) is 0. The van der Waals surface area contributed by atoms with Crippen molar-refractivity contribution >= 4 is 0 Å². The maximum Gasteiger partial charge on any atom is 0.184 e. The molecular formula is C12H20O10. The second-order valence-electron chi connectivity index (χ2n) is 5.69. The van der Waals surface area contributed by atoms with Gasteiger partial charge in [0.25, 0.3) is 0 Å². The second kappa shape index (κ2) is 6.24. The van der Waals surface area contributed by atoms with Gasteiger partial charge in [0.1, 0.15) is 48.8 Å². The van der Waals surface area contributed by atoms with Crippen LogP contribution in [0.15, 0.2) is 0 Å². The summed E-state index contributed by atoms with van der Waals surface area (Å²) in [6.07, 6.45) is -8.70. The van der Waals surface area contributed by atoms with Crippen LogP contribution in [0.4, 0.5) is 0 Å². The highest BCUT2D eigenvalue weighted by Gasteiger charge is 2.50. The summed E-state index contributed by atoms with van der Waals surface area (Å²) in [7, 11) is 0. The van der Waals surface area contributed by atoms with Crippen molar-refractivity contribution in [2.24, 2.45) is 0 Å². The van der Waals surface area contributed by atoms with E-state index in [2.05, 4.69) is 0 Å². The molecule has 0 saturated carbocycles. The fraction of sp³-hybridized carbons (Fsp3) is 1.00. The number of hydrogen-bond acceptors (Lipinski definition) is 10. The van der Waals surface area contributed by atoms with E-state index in [1.54, 1.807) is 0 Å². The molecule has 22 heavy (non-hydrogen) atoms. The zero-order valence-corrected chi connectivity index (χ0v) is 11.5. The molecule has 0 radical (unpaired) electrons. The van der Waals surface area contributed by atoms with Crippen LogP contribution >= 0.6 is 0 Å². The first-order chi connectivity index (χ1) is 10.4. The third kappa shape index (κ3) is 2.76. The molecule has 0 amide bonds. The predicted molar refractivity (Wildman–Crippen MR) is 65.3 cm³/mol. The lowest BCUT2D eigenvalue weighted by Crippen LogP contribution is -2.52. The highest BCUT2D eigenvalue weighted by Crippen LogP contribution is 2.29. The SMILES string of the molecule is OC1[C@H]2OCC(O[C@@H]1O)[C@H]2O.O[C@@H]1C2OC[C@@H](O[C@@H]1O)[C@@H]2O. The van der Waals surface area contributed by atoms with E-state index in [-0.39, 0.29) is 13.2 Å². The molecule has 10 heteroatoms. The van der Waals surface area contributed by atoms with Crippen molar-refractivity contribution in [1.82, 2.24) is 0 Å². The van der Waals surface area contributed by atoms with Gasteiger partial charge in [0.05, 0.1) is 13.2 Å². The number of aliphatic hydroxyl groups excluding tert-OH is 6. The minimum absolute atomic E-state index is 0.236. The van der Waals surface area contributed by atoms with Crippen molar-refractivity contribution in [3.63, 3.8) is 0 Å². The van der Waals surface area contributed by atoms with Gasteiger partial charge in [-0.2, -0.15) is 0 Å². The van der Waals surface area contributed by atoms with Gasteiger partial charge >= 0.3 is 0 Å². The minimum Gasteiger partial charge on any atom is -0.387 e. The van der Waals surface area contributed by atoms with Crippen molar-refractivity contribution in [2.45, 2.75) is 61.4 Å². The molecule has 4 fully saturated rings. The summed E-state index contributed by atoms with van der Waals surface area (Å²) in [6.45, 7) is 0.472. The summed E-state index contributed by atoms with van der Waals surface area (Å²) in [5, 5.41) is 54.9. The Bertz CT molecular complexity index is 358. The van der Waals surface area contributed by atoms with Gasteiger partial charge in [0.15, 0.2) is 12.6 Å². The molecule has 4 saturated heterocycles. The first-order valence-corrected chi connectivity index (χ1v) is 7.02. The molecule has 4 aliphatic rings. The maximum absolute atomic E-state index is 9.28. The lowest BCUT2D eigenvalue weighted by molar-refractivity contribution is -0.242. The van der Waals surface area contributed by atoms with Crippen molar-refractivity contribution in [2.75, 3.05) is 13.2 Å². The van der Waals surface area contributed by atoms with Gasteiger partial charge in [-0.05, 0) is 0 Å². The lowest BCUT2D eigenvalue weighted by atomic mass is 10.0. The number of rotatable bonds is 0. The lowest BCUT2D eigenvalue weighted by Gasteiger charge is -2.31. The topological polar surface area (TPSA) is 158 Å². The van der Waals surface area contributed by atoms with Gasteiger partial charge in [-0.25, -0.2) is 0 Å². The highest BCUT2D eigenvalue weighted by molar-refractivity contribution is 4.95. The van der Waals surface area contributed by atoms with E-state index in [1.807, 2.05) is 0 Å². The van der Waals surface area contributed by atoms with Crippen LogP contribution in [-0.2, 0) is 18.9 Å². The average Bonchev–Trinajstić information content (AvgIpc) is 2.91. The maximum atomic E-state index is 9.28. The van der Waals surface area contributed by atoms with E-state index in [0.717, 1.165) is 0 Å². The van der Waals surface area contributed by atoms with Crippen molar-refractivity contribution in [1.29, 1.82) is 0 Å². The number of ether oxygens (including phenoxy) is 4. The largest absolute Gasteiger partial charge is 0.387 e. The van der Waals surface area contributed by atoms with Crippen LogP contribution in [0.2, 0.25) is 0 Å². The Morgan fingerprint density at radius 2 is 0.909 bits per heavy atom. The molecule has 4 heterocycles. The van der Waals surface area contributed by atoms with Crippen LogP contribution in [0.5, 0.6) is 0 Å². The molecule has 0 aliphatic carbocycles. The van der Waals surface area contributed by atoms with E-state index < -0.39 is 61.4 Å². The van der Waals surface area contributed by atoms with Crippen LogP contribution in [0.3, 0.4) is 0 Å². The van der Waals surface area contributed by atoms with E-state index in [1.165, 1.54) is 0 Å². The van der Waals surface area contributed by atoms with Crippen LogP contribution < -0.4 is 0 Å². The Hall–Kier alpha value is -0.400. The Morgan fingerprint density at radius 1 is 0.545 bits per heavy atom. The van der Waals surface area contributed by atoms with Crippen molar-refractivity contribution in [3.05, 3.63) is 0 Å². The summed E-state index contributed by atoms with van der Waals surface area (Å²) in [4.78, 5) is 0. The highest BCUT2D eigenvalue weighted by atomic mass is 16.7. The van der Waals surface area contributed by atoms with Gasteiger partial charge in [0.2, 0.25) is 0 Å². The van der Waals surface area contributed by atoms with Crippen LogP contribution in [0.1, 0.15) is 0 Å². The second-order valence-corrected chi connectivity index (χ2v) is 5.69. The molecule has 0 aromatic carbocycles. The molecule has 3 unspecified atom stereocenters. The third-order valence-electron chi connectivity index (χ3n) is 4.23. The third-order valence-corrected chi connectivity index (χ3v) is 4.23. The van der Waals surface area contributed by atoms with E-state index in [4.69, 9.17) is 29.2 Å². The van der Waals surface area contributed by atoms with Crippen molar-refractivity contribution < 1.29 is 49.6 Å².